The van der Waals surface area contributed by atoms with E-state index in [0.717, 1.165) is 24.8 Å². The number of allylic oxidation sites excluding steroid dienone is 2. The van der Waals surface area contributed by atoms with Crippen molar-refractivity contribution in [2.24, 2.45) is 34.0 Å². The molecule has 4 unspecified atom stereocenters. The lowest BCUT2D eigenvalue weighted by atomic mass is 9.41. The van der Waals surface area contributed by atoms with E-state index in [1.165, 1.54) is 0 Å². The molecule has 0 aromatic rings. The average molecular weight is 659 g/mol. The molecule has 13 nitrogen and oxygen atoms in total. The Morgan fingerprint density at radius 1 is 0.826 bits per heavy atom. The van der Waals surface area contributed by atoms with Crippen molar-refractivity contribution in [1.29, 1.82) is 0 Å². The van der Waals surface area contributed by atoms with Crippen molar-refractivity contribution in [3.05, 3.63) is 24.8 Å². The van der Waals surface area contributed by atoms with Crippen molar-refractivity contribution in [2.75, 3.05) is 19.8 Å². The van der Waals surface area contributed by atoms with Crippen LogP contribution in [-0.4, -0.2) is 139 Å². The maximum Gasteiger partial charge on any atom is 0.186 e. The van der Waals surface area contributed by atoms with Crippen LogP contribution in [0.5, 0.6) is 0 Å². The van der Waals surface area contributed by atoms with Crippen molar-refractivity contribution >= 4 is 0 Å². The van der Waals surface area contributed by atoms with Gasteiger partial charge in [0.2, 0.25) is 0 Å². The average Bonchev–Trinajstić information content (AvgIpc) is 3.03. The molecule has 3 saturated carbocycles. The standard InChI is InChI=1S/C33H54O13/c1-6-31(3)8-7-17-16(10-31)15(2)9-21-32(17,4)11-18(35)28(42)33(21,5)14-44-30-27(41)25(39)23(37)20(46-30)13-43-29-26(40)24(38)22(36)19(12-34)45-29/h6,16-30,34-42H,1-2,7-14H2,3-5H3/t16?,17?,18?,19-,20-,21?,22-,23-,24+,25-,26-,27+,28+,29+,30-,31+,32-,33-/m1/s1. The van der Waals surface area contributed by atoms with E-state index >= 15 is 0 Å². The summed E-state index contributed by atoms with van der Waals surface area (Å²) in [4.78, 5) is 0. The molecule has 0 bridgehead atoms. The van der Waals surface area contributed by atoms with Crippen molar-refractivity contribution in [1.82, 2.24) is 0 Å². The van der Waals surface area contributed by atoms with Crippen LogP contribution in [0.4, 0.5) is 0 Å². The second-order valence-corrected chi connectivity index (χ2v) is 15.3. The molecule has 46 heavy (non-hydrogen) atoms. The van der Waals surface area contributed by atoms with E-state index in [0.29, 0.717) is 12.8 Å². The zero-order valence-electron chi connectivity index (χ0n) is 27.0. The number of hydrogen-bond acceptors (Lipinski definition) is 13. The van der Waals surface area contributed by atoms with Crippen LogP contribution in [0.1, 0.15) is 52.9 Å². The predicted octanol–water partition coefficient (Wildman–Crippen LogP) is -1.05. The molecule has 0 aromatic heterocycles. The van der Waals surface area contributed by atoms with E-state index in [4.69, 9.17) is 18.9 Å². The highest BCUT2D eigenvalue weighted by Crippen LogP contribution is 2.66. The van der Waals surface area contributed by atoms with Crippen LogP contribution in [0.3, 0.4) is 0 Å². The largest absolute Gasteiger partial charge is 0.394 e. The summed E-state index contributed by atoms with van der Waals surface area (Å²) >= 11 is 0. The number of fused-ring (bicyclic) bond motifs is 3. The van der Waals surface area contributed by atoms with E-state index in [9.17, 15) is 46.0 Å². The number of ether oxygens (including phenoxy) is 4. The Labute approximate surface area is 270 Å². The van der Waals surface area contributed by atoms with Gasteiger partial charge in [0.1, 0.15) is 48.8 Å². The first-order valence-corrected chi connectivity index (χ1v) is 16.4. The quantitative estimate of drug-likeness (QED) is 0.142. The van der Waals surface area contributed by atoms with Crippen molar-refractivity contribution in [3.63, 3.8) is 0 Å². The summed E-state index contributed by atoms with van der Waals surface area (Å²) in [5.74, 6) is 0.377. The van der Waals surface area contributed by atoms with Crippen molar-refractivity contribution < 1.29 is 64.9 Å². The Hall–Kier alpha value is -1.04. The number of rotatable bonds is 8. The van der Waals surface area contributed by atoms with Gasteiger partial charge in [-0.1, -0.05) is 39.0 Å². The summed E-state index contributed by atoms with van der Waals surface area (Å²) in [6, 6.07) is 0. The van der Waals surface area contributed by atoms with E-state index in [1.54, 1.807) is 0 Å². The van der Waals surface area contributed by atoms with Gasteiger partial charge in [0.15, 0.2) is 12.6 Å². The van der Waals surface area contributed by atoms with E-state index in [2.05, 4.69) is 27.0 Å². The lowest BCUT2D eigenvalue weighted by Gasteiger charge is -2.65. The SMILES string of the molecule is C=C[C@@]1(C)CCC2C(C1)C(=C)CC1[C@]2(C)CC(O)[C@H](O)[C@]1(C)CO[C@@H]1O[C@H](CO[C@H]2O[C@H](CO)[C@@H](O)[C@H](O)[C@H]2O)[C@@H](O)[C@@H](O)[C@@H]1O. The van der Waals surface area contributed by atoms with E-state index in [-0.39, 0.29) is 35.2 Å². The fraction of sp³-hybridized carbons (Fsp3) is 0.879. The van der Waals surface area contributed by atoms with Gasteiger partial charge in [0.05, 0.1) is 32.0 Å². The smallest absolute Gasteiger partial charge is 0.186 e. The first-order valence-electron chi connectivity index (χ1n) is 16.4. The lowest BCUT2D eigenvalue weighted by Crippen LogP contribution is -2.65. The van der Waals surface area contributed by atoms with Gasteiger partial charge in [0, 0.05) is 5.41 Å². The summed E-state index contributed by atoms with van der Waals surface area (Å²) in [5, 5.41) is 94.6. The van der Waals surface area contributed by atoms with E-state index in [1.807, 2.05) is 13.0 Å². The molecular weight excluding hydrogens is 604 g/mol. The monoisotopic (exact) mass is 658 g/mol. The highest BCUT2D eigenvalue weighted by atomic mass is 16.7. The molecule has 5 aliphatic rings. The van der Waals surface area contributed by atoms with Crippen LogP contribution in [0.25, 0.3) is 0 Å². The Balaban J connectivity index is 1.30. The van der Waals surface area contributed by atoms with Crippen molar-refractivity contribution in [2.45, 2.75) is 126 Å². The Morgan fingerprint density at radius 2 is 1.41 bits per heavy atom. The molecule has 0 amide bonds. The molecule has 2 aliphatic heterocycles. The van der Waals surface area contributed by atoms with Gasteiger partial charge in [-0.05, 0) is 60.7 Å². The maximum atomic E-state index is 11.5. The summed E-state index contributed by atoms with van der Waals surface area (Å²) < 4.78 is 22.8. The number of hydrogen-bond donors (Lipinski definition) is 9. The molecule has 264 valence electrons. The lowest BCUT2D eigenvalue weighted by molar-refractivity contribution is -0.337. The first kappa shape index (κ1) is 36.2. The fourth-order valence-electron chi connectivity index (χ4n) is 9.26. The minimum atomic E-state index is -1.71. The molecule has 0 spiro atoms. The van der Waals surface area contributed by atoms with Crippen LogP contribution >= 0.6 is 0 Å². The van der Waals surface area contributed by atoms with Gasteiger partial charge < -0.3 is 64.9 Å². The molecule has 2 heterocycles. The molecule has 0 aromatic carbocycles. The molecule has 5 rings (SSSR count). The molecular formula is C33H54O13. The normalized spacial score (nSPS) is 54.5. The van der Waals surface area contributed by atoms with Gasteiger partial charge in [0.25, 0.3) is 0 Å². The van der Waals surface area contributed by atoms with E-state index < -0.39 is 92.2 Å². The van der Waals surface area contributed by atoms with Crippen LogP contribution in [0, 0.1) is 34.0 Å². The zero-order valence-corrected chi connectivity index (χ0v) is 27.0. The Morgan fingerprint density at radius 3 is 2.02 bits per heavy atom. The molecule has 0 radical (unpaired) electrons. The summed E-state index contributed by atoms with van der Waals surface area (Å²) in [6.45, 7) is 13.5. The Kier molecular flexibility index (Phi) is 10.5. The van der Waals surface area contributed by atoms with Gasteiger partial charge in [-0.25, -0.2) is 0 Å². The second-order valence-electron chi connectivity index (χ2n) is 15.3. The molecule has 9 N–H and O–H groups in total. The number of aliphatic hydroxyl groups is 9. The number of aliphatic hydroxyl groups excluding tert-OH is 9. The minimum absolute atomic E-state index is 0.00935. The second kappa shape index (κ2) is 13.3. The first-order chi connectivity index (χ1) is 21.5. The van der Waals surface area contributed by atoms with Crippen LogP contribution in [0.15, 0.2) is 24.8 Å². The van der Waals surface area contributed by atoms with Gasteiger partial charge in [-0.2, -0.15) is 0 Å². The van der Waals surface area contributed by atoms with Gasteiger partial charge in [-0.3, -0.25) is 0 Å². The highest BCUT2D eigenvalue weighted by Gasteiger charge is 2.63. The molecule has 13 heteroatoms. The third kappa shape index (κ3) is 6.14. The van der Waals surface area contributed by atoms with Crippen LogP contribution < -0.4 is 0 Å². The Bertz CT molecular complexity index is 1110. The van der Waals surface area contributed by atoms with Crippen LogP contribution in [-0.2, 0) is 18.9 Å². The van der Waals surface area contributed by atoms with Gasteiger partial charge >= 0.3 is 0 Å². The predicted molar refractivity (Wildman–Crippen MR) is 162 cm³/mol. The zero-order chi connectivity index (χ0) is 33.9. The summed E-state index contributed by atoms with van der Waals surface area (Å²) in [5.41, 5.74) is -0.219. The van der Waals surface area contributed by atoms with Crippen LogP contribution in [0.2, 0.25) is 0 Å². The fourth-order valence-corrected chi connectivity index (χ4v) is 9.26. The topological polar surface area (TPSA) is 219 Å². The summed E-state index contributed by atoms with van der Waals surface area (Å²) in [7, 11) is 0. The maximum absolute atomic E-state index is 11.5. The molecule has 18 atom stereocenters. The summed E-state index contributed by atoms with van der Waals surface area (Å²) in [6.07, 6.45) is -11.7. The minimum Gasteiger partial charge on any atom is -0.394 e. The molecule has 2 saturated heterocycles. The van der Waals surface area contributed by atoms with Crippen molar-refractivity contribution in [3.8, 4) is 0 Å². The highest BCUT2D eigenvalue weighted by molar-refractivity contribution is 5.22. The van der Waals surface area contributed by atoms with Gasteiger partial charge in [-0.15, -0.1) is 6.58 Å². The molecule has 3 aliphatic carbocycles. The molecule has 5 fully saturated rings. The third-order valence-electron chi connectivity index (χ3n) is 12.3. The third-order valence-corrected chi connectivity index (χ3v) is 12.3.